The fourth-order valence-corrected chi connectivity index (χ4v) is 3.24. The third-order valence-electron chi connectivity index (χ3n) is 3.00. The van der Waals surface area contributed by atoms with E-state index in [0.29, 0.717) is 12.1 Å². The summed E-state index contributed by atoms with van der Waals surface area (Å²) in [7, 11) is -3.58. The summed E-state index contributed by atoms with van der Waals surface area (Å²) in [5.41, 5.74) is 6.91. The monoisotopic (exact) mass is 308 g/mol. The number of sulfonamides is 1. The van der Waals surface area contributed by atoms with Gasteiger partial charge in [0, 0.05) is 11.7 Å². The van der Waals surface area contributed by atoms with Crippen LogP contribution in [-0.4, -0.2) is 14.5 Å². The molecule has 0 saturated heterocycles. The summed E-state index contributed by atoms with van der Waals surface area (Å²) >= 11 is 0. The molecule has 21 heavy (non-hydrogen) atoms. The van der Waals surface area contributed by atoms with Gasteiger partial charge in [-0.1, -0.05) is 12.1 Å². The molecule has 2 aromatic rings. The molecule has 2 aromatic carbocycles. The van der Waals surface area contributed by atoms with Crippen LogP contribution in [0.3, 0.4) is 0 Å². The Labute approximate surface area is 123 Å². The van der Waals surface area contributed by atoms with Crippen LogP contribution in [0.1, 0.15) is 12.5 Å². The van der Waals surface area contributed by atoms with Crippen LogP contribution in [0.25, 0.3) is 0 Å². The van der Waals surface area contributed by atoms with Crippen molar-refractivity contribution in [1.29, 1.82) is 0 Å². The Hall–Kier alpha value is -1.92. The zero-order valence-corrected chi connectivity index (χ0v) is 12.4. The van der Waals surface area contributed by atoms with Crippen LogP contribution in [0.5, 0.6) is 0 Å². The van der Waals surface area contributed by atoms with E-state index in [9.17, 15) is 12.8 Å². The van der Waals surface area contributed by atoms with E-state index < -0.39 is 10.0 Å². The van der Waals surface area contributed by atoms with Crippen molar-refractivity contribution in [2.75, 3.05) is 5.73 Å². The number of nitrogen functional groups attached to an aromatic ring is 1. The standard InChI is InChI=1S/C15H17FN2O2S/c1-11(10-12-2-4-13(16)5-3-12)18-21(19,20)15-8-6-14(17)7-9-15/h2-9,11,18H,10,17H2,1H3. The molecule has 112 valence electrons. The minimum absolute atomic E-state index is 0.169. The van der Waals surface area contributed by atoms with Gasteiger partial charge < -0.3 is 5.73 Å². The Bertz CT molecular complexity index is 697. The highest BCUT2D eigenvalue weighted by molar-refractivity contribution is 7.89. The maximum absolute atomic E-state index is 12.8. The molecule has 0 amide bonds. The minimum Gasteiger partial charge on any atom is -0.399 e. The molecule has 1 atom stereocenters. The molecule has 0 bridgehead atoms. The van der Waals surface area contributed by atoms with E-state index in [1.807, 2.05) is 0 Å². The van der Waals surface area contributed by atoms with Crippen molar-refractivity contribution >= 4 is 15.7 Å². The van der Waals surface area contributed by atoms with E-state index in [4.69, 9.17) is 5.73 Å². The minimum atomic E-state index is -3.58. The maximum Gasteiger partial charge on any atom is 0.240 e. The summed E-state index contributed by atoms with van der Waals surface area (Å²) in [5, 5.41) is 0. The van der Waals surface area contributed by atoms with Gasteiger partial charge in [-0.3, -0.25) is 0 Å². The first-order chi connectivity index (χ1) is 9.87. The second-order valence-corrected chi connectivity index (χ2v) is 6.64. The van der Waals surface area contributed by atoms with E-state index in [-0.39, 0.29) is 16.8 Å². The molecule has 0 spiro atoms. The second kappa shape index (κ2) is 6.24. The lowest BCUT2D eigenvalue weighted by Crippen LogP contribution is -2.34. The van der Waals surface area contributed by atoms with Gasteiger partial charge >= 0.3 is 0 Å². The Morgan fingerprint density at radius 3 is 2.24 bits per heavy atom. The summed E-state index contributed by atoms with van der Waals surface area (Å²) in [6.07, 6.45) is 0.481. The zero-order chi connectivity index (χ0) is 15.5. The SMILES string of the molecule is CC(Cc1ccc(F)cc1)NS(=O)(=O)c1ccc(N)cc1. The third kappa shape index (κ3) is 4.27. The maximum atomic E-state index is 12.8. The van der Waals surface area contributed by atoms with Crippen molar-refractivity contribution in [3.8, 4) is 0 Å². The lowest BCUT2D eigenvalue weighted by molar-refractivity contribution is 0.559. The number of hydrogen-bond donors (Lipinski definition) is 2. The normalized spacial score (nSPS) is 13.0. The van der Waals surface area contributed by atoms with Gasteiger partial charge in [-0.15, -0.1) is 0 Å². The zero-order valence-electron chi connectivity index (χ0n) is 11.6. The molecule has 4 nitrogen and oxygen atoms in total. The molecule has 0 aliphatic rings. The van der Waals surface area contributed by atoms with Crippen LogP contribution >= 0.6 is 0 Å². The molecular formula is C15H17FN2O2S. The molecule has 0 aliphatic heterocycles. The predicted molar refractivity (Wildman–Crippen MR) is 80.7 cm³/mol. The first-order valence-electron chi connectivity index (χ1n) is 6.49. The van der Waals surface area contributed by atoms with E-state index in [1.165, 1.54) is 24.3 Å². The molecule has 0 radical (unpaired) electrons. The largest absolute Gasteiger partial charge is 0.399 e. The van der Waals surface area contributed by atoms with Crippen LogP contribution in [0.2, 0.25) is 0 Å². The highest BCUT2D eigenvalue weighted by Gasteiger charge is 2.17. The molecule has 0 saturated carbocycles. The Morgan fingerprint density at radius 1 is 1.10 bits per heavy atom. The summed E-state index contributed by atoms with van der Waals surface area (Å²) in [6.45, 7) is 1.76. The molecule has 0 aliphatic carbocycles. The summed E-state index contributed by atoms with van der Waals surface area (Å²) in [5.74, 6) is -0.311. The van der Waals surface area contributed by atoms with Gasteiger partial charge in [-0.05, 0) is 55.3 Å². The first kappa shape index (κ1) is 15.5. The molecule has 0 heterocycles. The van der Waals surface area contributed by atoms with Gasteiger partial charge in [0.25, 0.3) is 0 Å². The van der Waals surface area contributed by atoms with Crippen LogP contribution in [-0.2, 0) is 16.4 Å². The number of hydrogen-bond acceptors (Lipinski definition) is 3. The average molecular weight is 308 g/mol. The number of nitrogens with one attached hydrogen (secondary N) is 1. The van der Waals surface area contributed by atoms with Crippen molar-refractivity contribution in [2.45, 2.75) is 24.3 Å². The highest BCUT2D eigenvalue weighted by Crippen LogP contribution is 2.13. The van der Waals surface area contributed by atoms with Gasteiger partial charge in [0.15, 0.2) is 0 Å². The molecule has 0 aromatic heterocycles. The molecule has 2 rings (SSSR count). The number of halogens is 1. The van der Waals surface area contributed by atoms with Crippen molar-refractivity contribution < 1.29 is 12.8 Å². The van der Waals surface area contributed by atoms with E-state index in [2.05, 4.69) is 4.72 Å². The van der Waals surface area contributed by atoms with Crippen LogP contribution in [0, 0.1) is 5.82 Å². The smallest absolute Gasteiger partial charge is 0.240 e. The molecule has 0 fully saturated rings. The Kier molecular flexibility index (Phi) is 4.59. The van der Waals surface area contributed by atoms with Crippen LogP contribution in [0.4, 0.5) is 10.1 Å². The number of rotatable bonds is 5. The third-order valence-corrected chi connectivity index (χ3v) is 4.61. The fraction of sp³-hybridized carbons (Fsp3) is 0.200. The molecule has 6 heteroatoms. The lowest BCUT2D eigenvalue weighted by atomic mass is 10.1. The number of benzene rings is 2. The van der Waals surface area contributed by atoms with Crippen molar-refractivity contribution in [3.05, 3.63) is 59.9 Å². The second-order valence-electron chi connectivity index (χ2n) is 4.92. The van der Waals surface area contributed by atoms with E-state index in [0.717, 1.165) is 5.56 Å². The highest BCUT2D eigenvalue weighted by atomic mass is 32.2. The fourth-order valence-electron chi connectivity index (χ4n) is 2.00. The van der Waals surface area contributed by atoms with Crippen molar-refractivity contribution in [2.24, 2.45) is 0 Å². The quantitative estimate of drug-likeness (QED) is 0.833. The molecular weight excluding hydrogens is 291 g/mol. The number of anilines is 1. The predicted octanol–water partition coefficient (Wildman–Crippen LogP) is 2.32. The van der Waals surface area contributed by atoms with Gasteiger partial charge in [-0.25, -0.2) is 17.5 Å². The van der Waals surface area contributed by atoms with Gasteiger partial charge in [-0.2, -0.15) is 0 Å². The van der Waals surface area contributed by atoms with E-state index in [1.54, 1.807) is 31.2 Å². The molecule has 3 N–H and O–H groups in total. The summed E-state index contributed by atoms with van der Waals surface area (Å²) < 4.78 is 39.8. The average Bonchev–Trinajstić information content (AvgIpc) is 2.41. The molecule has 1 unspecified atom stereocenters. The first-order valence-corrected chi connectivity index (χ1v) is 7.97. The van der Waals surface area contributed by atoms with Gasteiger partial charge in [0.05, 0.1) is 4.90 Å². The lowest BCUT2D eigenvalue weighted by Gasteiger charge is -2.14. The number of nitrogens with two attached hydrogens (primary N) is 1. The summed E-state index contributed by atoms with van der Waals surface area (Å²) in [4.78, 5) is 0.169. The Morgan fingerprint density at radius 2 is 1.67 bits per heavy atom. The summed E-state index contributed by atoms with van der Waals surface area (Å²) in [6, 6.07) is 11.7. The van der Waals surface area contributed by atoms with Crippen molar-refractivity contribution in [1.82, 2.24) is 4.72 Å². The van der Waals surface area contributed by atoms with E-state index >= 15 is 0 Å². The Balaban J connectivity index is 2.05. The topological polar surface area (TPSA) is 72.2 Å². The van der Waals surface area contributed by atoms with Gasteiger partial charge in [0.2, 0.25) is 10.0 Å². The van der Waals surface area contributed by atoms with Crippen molar-refractivity contribution in [3.63, 3.8) is 0 Å². The van der Waals surface area contributed by atoms with Crippen LogP contribution < -0.4 is 10.5 Å². The van der Waals surface area contributed by atoms with Gasteiger partial charge in [0.1, 0.15) is 5.82 Å². The van der Waals surface area contributed by atoms with Crippen LogP contribution in [0.15, 0.2) is 53.4 Å².